The van der Waals surface area contributed by atoms with Crippen molar-refractivity contribution in [3.8, 4) is 0 Å². The molecule has 3 N–H and O–H groups in total. The fourth-order valence-corrected chi connectivity index (χ4v) is 4.19. The van der Waals surface area contributed by atoms with Gasteiger partial charge in [0.25, 0.3) is 5.91 Å². The van der Waals surface area contributed by atoms with Gasteiger partial charge in [-0.05, 0) is 31.7 Å². The molecule has 1 aliphatic carbocycles. The monoisotopic (exact) mass is 288 g/mol. The van der Waals surface area contributed by atoms with E-state index < -0.39 is 10.0 Å². The molecule has 1 fully saturated rings. The van der Waals surface area contributed by atoms with Gasteiger partial charge in [-0.3, -0.25) is 4.79 Å². The highest BCUT2D eigenvalue weighted by Crippen LogP contribution is 2.28. The van der Waals surface area contributed by atoms with Gasteiger partial charge in [0.1, 0.15) is 0 Å². The average molecular weight is 288 g/mol. The molecule has 1 amide bonds. The van der Waals surface area contributed by atoms with Crippen LogP contribution in [0.5, 0.6) is 0 Å². The summed E-state index contributed by atoms with van der Waals surface area (Å²) in [5.74, 6) is 0.440. The second kappa shape index (κ2) is 4.64. The van der Waals surface area contributed by atoms with E-state index in [0.29, 0.717) is 15.7 Å². The molecule has 0 unspecified atom stereocenters. The van der Waals surface area contributed by atoms with Gasteiger partial charge in [-0.2, -0.15) is 0 Å². The average Bonchev–Trinajstić information content (AvgIpc) is 2.57. The summed E-state index contributed by atoms with van der Waals surface area (Å²) in [5, 5.41) is 7.97. The Morgan fingerprint density at radius 3 is 2.56 bits per heavy atom. The Bertz CT molecular complexity index is 571. The molecule has 0 saturated heterocycles. The molecule has 0 aliphatic heterocycles. The molecule has 2 rings (SSSR count). The van der Waals surface area contributed by atoms with Gasteiger partial charge in [0, 0.05) is 10.9 Å². The standard InChI is InChI=1S/C11H16N2O3S2/c1-6-3-8(4-6)13-11(14)9-5-10(7(2)17-9)18(12,15)16/h5-6,8H,3-4H2,1-2H3,(H,13,14)(H2,12,15,16). The maximum Gasteiger partial charge on any atom is 0.261 e. The smallest absolute Gasteiger partial charge is 0.261 e. The minimum Gasteiger partial charge on any atom is -0.349 e. The van der Waals surface area contributed by atoms with E-state index in [9.17, 15) is 13.2 Å². The van der Waals surface area contributed by atoms with Gasteiger partial charge in [0.15, 0.2) is 0 Å². The maximum atomic E-state index is 11.9. The van der Waals surface area contributed by atoms with E-state index in [1.54, 1.807) is 6.92 Å². The lowest BCUT2D eigenvalue weighted by Gasteiger charge is -2.33. The largest absolute Gasteiger partial charge is 0.349 e. The van der Waals surface area contributed by atoms with E-state index in [1.165, 1.54) is 6.07 Å². The van der Waals surface area contributed by atoms with Gasteiger partial charge in [-0.15, -0.1) is 11.3 Å². The summed E-state index contributed by atoms with van der Waals surface area (Å²) in [5.41, 5.74) is 0. The Morgan fingerprint density at radius 1 is 1.50 bits per heavy atom. The topological polar surface area (TPSA) is 89.3 Å². The van der Waals surface area contributed by atoms with Crippen molar-refractivity contribution in [1.82, 2.24) is 5.32 Å². The maximum absolute atomic E-state index is 11.9. The number of aryl methyl sites for hydroxylation is 1. The summed E-state index contributed by atoms with van der Waals surface area (Å²) < 4.78 is 22.5. The molecule has 1 heterocycles. The van der Waals surface area contributed by atoms with Gasteiger partial charge in [0.05, 0.1) is 9.77 Å². The number of sulfonamides is 1. The number of thiophene rings is 1. The second-order valence-electron chi connectivity index (χ2n) is 4.82. The van der Waals surface area contributed by atoms with Crippen LogP contribution in [-0.2, 0) is 10.0 Å². The van der Waals surface area contributed by atoms with Gasteiger partial charge in [0.2, 0.25) is 10.0 Å². The Kier molecular flexibility index (Phi) is 3.48. The number of hydrogen-bond donors (Lipinski definition) is 2. The van der Waals surface area contributed by atoms with Gasteiger partial charge in [-0.25, -0.2) is 13.6 Å². The van der Waals surface area contributed by atoms with Crippen LogP contribution in [0.2, 0.25) is 0 Å². The van der Waals surface area contributed by atoms with E-state index in [-0.39, 0.29) is 16.8 Å². The van der Waals surface area contributed by atoms with Crippen LogP contribution in [0.15, 0.2) is 11.0 Å². The normalized spacial score (nSPS) is 23.5. The van der Waals surface area contributed by atoms with Gasteiger partial charge in [-0.1, -0.05) is 6.92 Å². The summed E-state index contributed by atoms with van der Waals surface area (Å²) in [6.45, 7) is 3.78. The molecule has 0 spiro atoms. The van der Waals surface area contributed by atoms with Gasteiger partial charge < -0.3 is 5.32 Å². The van der Waals surface area contributed by atoms with Crippen LogP contribution in [-0.4, -0.2) is 20.4 Å². The number of amides is 1. The summed E-state index contributed by atoms with van der Waals surface area (Å²) in [6, 6.07) is 1.57. The highest BCUT2D eigenvalue weighted by Gasteiger charge is 2.28. The number of nitrogens with one attached hydrogen (secondary N) is 1. The molecule has 1 aromatic rings. The first-order valence-electron chi connectivity index (χ1n) is 5.71. The molecule has 0 radical (unpaired) electrons. The first kappa shape index (κ1) is 13.5. The fourth-order valence-electron chi connectivity index (χ4n) is 2.14. The molecule has 0 aromatic carbocycles. The van der Waals surface area contributed by atoms with Crippen LogP contribution >= 0.6 is 11.3 Å². The lowest BCUT2D eigenvalue weighted by Crippen LogP contribution is -2.43. The van der Waals surface area contributed by atoms with Crippen molar-refractivity contribution in [3.05, 3.63) is 15.8 Å². The molecular formula is C11H16N2O3S2. The number of carbonyl (C=O) groups is 1. The zero-order valence-corrected chi connectivity index (χ0v) is 11.9. The first-order chi connectivity index (χ1) is 8.27. The summed E-state index contributed by atoms with van der Waals surface area (Å²) >= 11 is 1.16. The lowest BCUT2D eigenvalue weighted by atomic mass is 9.82. The molecule has 100 valence electrons. The van der Waals surface area contributed by atoms with E-state index in [1.807, 2.05) is 0 Å². The molecule has 7 heteroatoms. The summed E-state index contributed by atoms with van der Waals surface area (Å²) in [7, 11) is -3.74. The molecule has 0 atom stereocenters. The summed E-state index contributed by atoms with van der Waals surface area (Å²) in [4.78, 5) is 12.9. The molecule has 1 aliphatic rings. The molecule has 5 nitrogen and oxygen atoms in total. The number of primary sulfonamides is 1. The molecule has 0 bridgehead atoms. The van der Waals surface area contributed by atoms with Crippen molar-refractivity contribution in [2.24, 2.45) is 11.1 Å². The first-order valence-corrected chi connectivity index (χ1v) is 8.07. The number of hydrogen-bond acceptors (Lipinski definition) is 4. The van der Waals surface area contributed by atoms with Crippen molar-refractivity contribution in [2.75, 3.05) is 0 Å². The predicted molar refractivity (Wildman–Crippen MR) is 70.1 cm³/mol. The molecule has 1 aromatic heterocycles. The minimum atomic E-state index is -3.74. The van der Waals surface area contributed by atoms with Crippen LogP contribution in [0.25, 0.3) is 0 Å². The van der Waals surface area contributed by atoms with E-state index >= 15 is 0 Å². The Labute approximate surface area is 110 Å². The van der Waals surface area contributed by atoms with Crippen LogP contribution in [0.3, 0.4) is 0 Å². The van der Waals surface area contributed by atoms with Crippen LogP contribution in [0, 0.1) is 12.8 Å². The molecule has 18 heavy (non-hydrogen) atoms. The molecule has 1 saturated carbocycles. The van der Waals surface area contributed by atoms with Crippen molar-refractivity contribution in [1.29, 1.82) is 0 Å². The Hall–Kier alpha value is -0.920. The van der Waals surface area contributed by atoms with Gasteiger partial charge >= 0.3 is 0 Å². The highest BCUT2D eigenvalue weighted by atomic mass is 32.2. The van der Waals surface area contributed by atoms with E-state index in [4.69, 9.17) is 5.14 Å². The third-order valence-corrected chi connectivity index (χ3v) is 5.33. The SMILES string of the molecule is Cc1sc(C(=O)NC2CC(C)C2)cc1S(N)(=O)=O. The third-order valence-electron chi connectivity index (χ3n) is 3.11. The number of carbonyl (C=O) groups excluding carboxylic acids is 1. The van der Waals surface area contributed by atoms with Crippen molar-refractivity contribution in [2.45, 2.75) is 37.6 Å². The Balaban J connectivity index is 2.12. The summed E-state index contributed by atoms with van der Waals surface area (Å²) in [6.07, 6.45) is 1.97. The van der Waals surface area contributed by atoms with Crippen molar-refractivity contribution >= 4 is 27.3 Å². The van der Waals surface area contributed by atoms with Crippen molar-refractivity contribution in [3.63, 3.8) is 0 Å². The van der Waals surface area contributed by atoms with Crippen LogP contribution in [0.1, 0.15) is 34.3 Å². The van der Waals surface area contributed by atoms with Crippen molar-refractivity contribution < 1.29 is 13.2 Å². The third kappa shape index (κ3) is 2.73. The van der Waals surface area contributed by atoms with E-state index in [0.717, 1.165) is 24.2 Å². The zero-order valence-electron chi connectivity index (χ0n) is 10.3. The number of nitrogens with two attached hydrogens (primary N) is 1. The van der Waals surface area contributed by atoms with Crippen LogP contribution in [0.4, 0.5) is 0 Å². The highest BCUT2D eigenvalue weighted by molar-refractivity contribution is 7.89. The predicted octanol–water partition coefficient (Wildman–Crippen LogP) is 1.23. The quantitative estimate of drug-likeness (QED) is 0.876. The fraction of sp³-hybridized carbons (Fsp3) is 0.545. The minimum absolute atomic E-state index is 0.0413. The second-order valence-corrected chi connectivity index (χ2v) is 7.61. The molecular weight excluding hydrogens is 272 g/mol. The van der Waals surface area contributed by atoms with Crippen LogP contribution < -0.4 is 10.5 Å². The zero-order chi connectivity index (χ0) is 13.5. The van der Waals surface area contributed by atoms with E-state index in [2.05, 4.69) is 12.2 Å². The number of rotatable bonds is 3. The lowest BCUT2D eigenvalue weighted by molar-refractivity contribution is 0.0900. The Morgan fingerprint density at radius 2 is 2.11 bits per heavy atom.